The Hall–Kier alpha value is -2.58. The highest BCUT2D eigenvalue weighted by Crippen LogP contribution is 2.29. The lowest BCUT2D eigenvalue weighted by atomic mass is 10.2. The van der Waals surface area contributed by atoms with Gasteiger partial charge >= 0.3 is 0 Å². The number of hydrogen-bond acceptors (Lipinski definition) is 4. The number of hydrogen-bond donors (Lipinski definition) is 2. The predicted molar refractivity (Wildman–Crippen MR) is 115 cm³/mol. The Morgan fingerprint density at radius 1 is 1.04 bits per heavy atom. The molecule has 0 saturated carbocycles. The molecule has 27 heavy (non-hydrogen) atoms. The molecule has 0 aliphatic rings. The lowest BCUT2D eigenvalue weighted by Gasteiger charge is -2.12. The number of anilines is 2. The summed E-state index contributed by atoms with van der Waals surface area (Å²) in [6.07, 6.45) is 1.91. The molecule has 0 aliphatic carbocycles. The zero-order chi connectivity index (χ0) is 19.2. The van der Waals surface area contributed by atoms with Crippen LogP contribution in [0.2, 0.25) is 0 Å². The molecule has 3 rings (SSSR count). The summed E-state index contributed by atoms with van der Waals surface area (Å²) in [4.78, 5) is 0. The number of ether oxygens (including phenoxy) is 2. The summed E-state index contributed by atoms with van der Waals surface area (Å²) < 4.78 is 13.4. The minimum atomic E-state index is 0.441. The van der Waals surface area contributed by atoms with Gasteiger partial charge in [-0.15, -0.1) is 0 Å². The van der Waals surface area contributed by atoms with E-state index >= 15 is 0 Å². The van der Waals surface area contributed by atoms with Gasteiger partial charge in [0.1, 0.15) is 0 Å². The largest absolute Gasteiger partial charge is 0.493 e. The maximum atomic E-state index is 5.36. The van der Waals surface area contributed by atoms with Gasteiger partial charge in [-0.05, 0) is 42.0 Å². The van der Waals surface area contributed by atoms with Gasteiger partial charge in [-0.2, -0.15) is 5.10 Å². The molecule has 2 aromatic carbocycles. The van der Waals surface area contributed by atoms with E-state index in [0.29, 0.717) is 29.0 Å². The van der Waals surface area contributed by atoms with Crippen molar-refractivity contribution in [1.29, 1.82) is 0 Å². The highest BCUT2D eigenvalue weighted by Gasteiger charge is 2.07. The second-order valence-corrected chi connectivity index (χ2v) is 7.00. The van der Waals surface area contributed by atoms with E-state index in [1.54, 1.807) is 14.2 Å². The third-order valence-electron chi connectivity index (χ3n) is 3.78. The highest BCUT2D eigenvalue weighted by atomic mass is 79.9. The Balaban J connectivity index is 1.60. The third-order valence-corrected chi connectivity index (χ3v) is 4.51. The van der Waals surface area contributed by atoms with E-state index in [1.807, 2.05) is 47.3 Å². The van der Waals surface area contributed by atoms with Crippen LogP contribution in [-0.4, -0.2) is 29.1 Å². The smallest absolute Gasteiger partial charge is 0.176 e. The fourth-order valence-corrected chi connectivity index (χ4v) is 2.97. The van der Waals surface area contributed by atoms with Crippen LogP contribution >= 0.6 is 28.1 Å². The minimum absolute atomic E-state index is 0.441. The van der Waals surface area contributed by atoms with Crippen molar-refractivity contribution < 1.29 is 9.47 Å². The van der Waals surface area contributed by atoms with E-state index in [0.717, 1.165) is 10.2 Å². The molecule has 0 unspecified atom stereocenters. The second-order valence-electron chi connectivity index (χ2n) is 5.67. The minimum Gasteiger partial charge on any atom is -0.493 e. The van der Waals surface area contributed by atoms with Crippen LogP contribution in [0, 0.1) is 0 Å². The Morgan fingerprint density at radius 3 is 2.48 bits per heavy atom. The van der Waals surface area contributed by atoms with E-state index in [-0.39, 0.29) is 0 Å². The van der Waals surface area contributed by atoms with Gasteiger partial charge in [0, 0.05) is 28.5 Å². The molecule has 0 fully saturated rings. The molecular formula is C19H19BrN4O2S. The molecule has 0 spiro atoms. The maximum Gasteiger partial charge on any atom is 0.176 e. The first-order valence-electron chi connectivity index (χ1n) is 8.15. The summed E-state index contributed by atoms with van der Waals surface area (Å²) in [6.45, 7) is 0.685. The predicted octanol–water partition coefficient (Wildman–Crippen LogP) is 4.52. The van der Waals surface area contributed by atoms with Gasteiger partial charge in [-0.1, -0.05) is 28.1 Å². The number of rotatable bonds is 6. The van der Waals surface area contributed by atoms with Crippen molar-refractivity contribution >= 4 is 44.8 Å². The summed E-state index contributed by atoms with van der Waals surface area (Å²) >= 11 is 8.80. The molecule has 0 bridgehead atoms. The van der Waals surface area contributed by atoms with Crippen LogP contribution < -0.4 is 20.1 Å². The first-order valence-corrected chi connectivity index (χ1v) is 9.35. The maximum absolute atomic E-state index is 5.36. The standard InChI is InChI=1S/C19H19BrN4O2S/c1-25-16-8-7-15(11-17(16)26-2)21-19(27)22-18-9-10-24(23-18)12-13-3-5-14(20)6-4-13/h3-11H,12H2,1-2H3,(H2,21,22,23,27). The molecule has 1 aromatic heterocycles. The molecule has 0 radical (unpaired) electrons. The van der Waals surface area contributed by atoms with Crippen molar-refractivity contribution in [3.8, 4) is 11.5 Å². The van der Waals surface area contributed by atoms with E-state index in [9.17, 15) is 0 Å². The summed E-state index contributed by atoms with van der Waals surface area (Å²) in [5.41, 5.74) is 1.96. The summed E-state index contributed by atoms with van der Waals surface area (Å²) in [5.74, 6) is 1.96. The number of methoxy groups -OCH3 is 2. The molecule has 140 valence electrons. The van der Waals surface area contributed by atoms with Crippen molar-refractivity contribution in [2.24, 2.45) is 0 Å². The fraction of sp³-hybridized carbons (Fsp3) is 0.158. The van der Waals surface area contributed by atoms with E-state index in [1.165, 1.54) is 5.56 Å². The average Bonchev–Trinajstić information content (AvgIpc) is 3.10. The Morgan fingerprint density at radius 2 is 1.78 bits per heavy atom. The van der Waals surface area contributed by atoms with Gasteiger partial charge in [-0.3, -0.25) is 4.68 Å². The van der Waals surface area contributed by atoms with Crippen LogP contribution in [0.15, 0.2) is 59.2 Å². The first kappa shape index (κ1) is 19.2. The Kier molecular flexibility index (Phi) is 6.31. The Labute approximate surface area is 171 Å². The number of thiocarbonyl (C=S) groups is 1. The van der Waals surface area contributed by atoms with E-state index in [2.05, 4.69) is 43.8 Å². The number of halogens is 1. The Bertz CT molecular complexity index is 928. The first-order chi connectivity index (χ1) is 13.1. The molecule has 0 amide bonds. The second kappa shape index (κ2) is 8.88. The summed E-state index contributed by atoms with van der Waals surface area (Å²) in [6, 6.07) is 15.5. The molecule has 8 heteroatoms. The van der Waals surface area contributed by atoms with Crippen molar-refractivity contribution in [2.45, 2.75) is 6.54 Å². The lowest BCUT2D eigenvalue weighted by Crippen LogP contribution is -2.19. The van der Waals surface area contributed by atoms with Crippen molar-refractivity contribution in [3.05, 3.63) is 64.8 Å². The number of aromatic nitrogens is 2. The monoisotopic (exact) mass is 446 g/mol. The number of benzene rings is 2. The quantitative estimate of drug-likeness (QED) is 0.542. The molecule has 2 N–H and O–H groups in total. The van der Waals surface area contributed by atoms with Gasteiger partial charge in [0.2, 0.25) is 0 Å². The third kappa shape index (κ3) is 5.21. The molecule has 1 heterocycles. The fourth-order valence-electron chi connectivity index (χ4n) is 2.49. The molecular weight excluding hydrogens is 428 g/mol. The van der Waals surface area contributed by atoms with Crippen LogP contribution in [0.5, 0.6) is 11.5 Å². The number of nitrogens with zero attached hydrogens (tertiary/aromatic N) is 2. The normalized spacial score (nSPS) is 10.3. The topological polar surface area (TPSA) is 60.3 Å². The SMILES string of the molecule is COc1ccc(NC(=S)Nc2ccn(Cc3ccc(Br)cc3)n2)cc1OC. The zero-order valence-corrected chi connectivity index (χ0v) is 17.3. The van der Waals surface area contributed by atoms with Crippen LogP contribution in [-0.2, 0) is 6.54 Å². The zero-order valence-electron chi connectivity index (χ0n) is 14.9. The molecule has 0 aliphatic heterocycles. The average molecular weight is 447 g/mol. The van der Waals surface area contributed by atoms with Crippen LogP contribution in [0.4, 0.5) is 11.5 Å². The number of nitrogens with one attached hydrogen (secondary N) is 2. The molecule has 3 aromatic rings. The van der Waals surface area contributed by atoms with Gasteiger partial charge in [-0.25, -0.2) is 0 Å². The summed E-state index contributed by atoms with van der Waals surface area (Å²) in [7, 11) is 3.19. The van der Waals surface area contributed by atoms with Crippen molar-refractivity contribution in [3.63, 3.8) is 0 Å². The van der Waals surface area contributed by atoms with Crippen LogP contribution in [0.1, 0.15) is 5.56 Å². The highest BCUT2D eigenvalue weighted by molar-refractivity contribution is 9.10. The molecule has 0 saturated heterocycles. The van der Waals surface area contributed by atoms with Gasteiger partial charge in [0.15, 0.2) is 22.4 Å². The molecule has 0 atom stereocenters. The van der Waals surface area contributed by atoms with Gasteiger partial charge in [0.25, 0.3) is 0 Å². The van der Waals surface area contributed by atoms with Crippen molar-refractivity contribution in [1.82, 2.24) is 9.78 Å². The molecule has 6 nitrogen and oxygen atoms in total. The summed E-state index contributed by atoms with van der Waals surface area (Å²) in [5, 5.41) is 11.1. The van der Waals surface area contributed by atoms with E-state index < -0.39 is 0 Å². The van der Waals surface area contributed by atoms with E-state index in [4.69, 9.17) is 21.7 Å². The van der Waals surface area contributed by atoms with Gasteiger partial charge < -0.3 is 20.1 Å². The lowest BCUT2D eigenvalue weighted by molar-refractivity contribution is 0.355. The van der Waals surface area contributed by atoms with Gasteiger partial charge in [0.05, 0.1) is 20.8 Å². The van der Waals surface area contributed by atoms with Crippen molar-refractivity contribution in [2.75, 3.05) is 24.9 Å². The van der Waals surface area contributed by atoms with Crippen LogP contribution in [0.25, 0.3) is 0 Å². The van der Waals surface area contributed by atoms with Crippen LogP contribution in [0.3, 0.4) is 0 Å².